The van der Waals surface area contributed by atoms with Crippen LogP contribution in [0.2, 0.25) is 5.02 Å². The second kappa shape index (κ2) is 7.77. The predicted octanol–water partition coefficient (Wildman–Crippen LogP) is 4.31. The highest BCUT2D eigenvalue weighted by molar-refractivity contribution is 6.31. The molecule has 3 aromatic carbocycles. The fourth-order valence-corrected chi connectivity index (χ4v) is 3.10. The van der Waals surface area contributed by atoms with Crippen LogP contribution in [0.4, 0.5) is 0 Å². The molecule has 1 heterocycles. The standard InChI is InChI=1S/C22H16ClN3O3/c1-29-20-11-14(7-10-19(20)27)13-24-26-21(15-5-3-2-4-6-15)25-18-12-16(23)8-9-17(18)22(26)28/h2-13,27H,1H3/b24-13+. The van der Waals surface area contributed by atoms with Crippen LogP contribution in [0.3, 0.4) is 0 Å². The van der Waals surface area contributed by atoms with E-state index in [-0.39, 0.29) is 11.3 Å². The first-order chi connectivity index (χ1) is 14.1. The molecule has 0 saturated carbocycles. The molecule has 1 aromatic heterocycles. The quantitative estimate of drug-likeness (QED) is 0.513. The van der Waals surface area contributed by atoms with Crippen molar-refractivity contribution in [3.8, 4) is 22.9 Å². The summed E-state index contributed by atoms with van der Waals surface area (Å²) in [7, 11) is 1.46. The molecule has 0 aliphatic rings. The monoisotopic (exact) mass is 405 g/mol. The molecule has 1 N–H and O–H groups in total. The molecule has 0 amide bonds. The number of aromatic nitrogens is 2. The molecule has 0 bridgehead atoms. The van der Waals surface area contributed by atoms with E-state index in [0.717, 1.165) is 5.56 Å². The van der Waals surface area contributed by atoms with Crippen molar-refractivity contribution in [1.29, 1.82) is 0 Å². The molecular formula is C22H16ClN3O3. The Bertz CT molecular complexity index is 1280. The Balaban J connectivity index is 1.91. The molecule has 7 heteroatoms. The molecule has 4 aromatic rings. The van der Waals surface area contributed by atoms with Gasteiger partial charge in [-0.3, -0.25) is 4.79 Å². The first-order valence-electron chi connectivity index (χ1n) is 8.76. The summed E-state index contributed by atoms with van der Waals surface area (Å²) in [4.78, 5) is 17.8. The van der Waals surface area contributed by atoms with Crippen molar-refractivity contribution in [2.75, 3.05) is 7.11 Å². The van der Waals surface area contributed by atoms with E-state index >= 15 is 0 Å². The number of rotatable bonds is 4. The topological polar surface area (TPSA) is 76.7 Å². The Kier molecular flexibility index (Phi) is 5.01. The van der Waals surface area contributed by atoms with Crippen LogP contribution in [0.25, 0.3) is 22.3 Å². The van der Waals surface area contributed by atoms with Gasteiger partial charge in [0.15, 0.2) is 17.3 Å². The fraction of sp³-hybridized carbons (Fsp3) is 0.0455. The Morgan fingerprint density at radius 2 is 1.90 bits per heavy atom. The number of hydrogen-bond acceptors (Lipinski definition) is 5. The highest BCUT2D eigenvalue weighted by atomic mass is 35.5. The highest BCUT2D eigenvalue weighted by Crippen LogP contribution is 2.26. The third kappa shape index (κ3) is 3.70. The van der Waals surface area contributed by atoms with Gasteiger partial charge in [-0.2, -0.15) is 9.78 Å². The van der Waals surface area contributed by atoms with Gasteiger partial charge in [0.05, 0.1) is 24.2 Å². The molecule has 29 heavy (non-hydrogen) atoms. The van der Waals surface area contributed by atoms with Crippen molar-refractivity contribution in [3.63, 3.8) is 0 Å². The van der Waals surface area contributed by atoms with E-state index < -0.39 is 0 Å². The molecule has 6 nitrogen and oxygen atoms in total. The molecule has 4 rings (SSSR count). The number of benzene rings is 3. The van der Waals surface area contributed by atoms with Crippen LogP contribution in [0.1, 0.15) is 5.56 Å². The van der Waals surface area contributed by atoms with Gasteiger partial charge >= 0.3 is 0 Å². The van der Waals surface area contributed by atoms with Gasteiger partial charge in [0.2, 0.25) is 0 Å². The Morgan fingerprint density at radius 3 is 2.66 bits per heavy atom. The lowest BCUT2D eigenvalue weighted by Crippen LogP contribution is -2.20. The van der Waals surface area contributed by atoms with Gasteiger partial charge in [0, 0.05) is 10.6 Å². The Hall–Kier alpha value is -3.64. The van der Waals surface area contributed by atoms with Gasteiger partial charge in [-0.05, 0) is 42.0 Å². The normalized spacial score (nSPS) is 11.2. The summed E-state index contributed by atoms with van der Waals surface area (Å²) in [5, 5.41) is 15.0. The third-order valence-corrected chi connectivity index (χ3v) is 4.60. The van der Waals surface area contributed by atoms with Gasteiger partial charge in [-0.25, -0.2) is 4.98 Å². The average molecular weight is 406 g/mol. The summed E-state index contributed by atoms with van der Waals surface area (Å²) < 4.78 is 6.37. The summed E-state index contributed by atoms with van der Waals surface area (Å²) >= 11 is 6.08. The van der Waals surface area contributed by atoms with E-state index in [2.05, 4.69) is 10.1 Å². The van der Waals surface area contributed by atoms with Gasteiger partial charge in [0.1, 0.15) is 0 Å². The summed E-state index contributed by atoms with van der Waals surface area (Å²) in [5.74, 6) is 0.735. The zero-order chi connectivity index (χ0) is 20.4. The van der Waals surface area contributed by atoms with Crippen LogP contribution in [-0.2, 0) is 0 Å². The smallest absolute Gasteiger partial charge is 0.282 e. The van der Waals surface area contributed by atoms with Crippen LogP contribution in [0.15, 0.2) is 76.6 Å². The van der Waals surface area contributed by atoms with Crippen LogP contribution in [0.5, 0.6) is 11.5 Å². The molecule has 0 radical (unpaired) electrons. The van der Waals surface area contributed by atoms with E-state index in [9.17, 15) is 9.90 Å². The molecule has 0 unspecified atom stereocenters. The van der Waals surface area contributed by atoms with Gasteiger partial charge in [0.25, 0.3) is 5.56 Å². The molecule has 0 aliphatic heterocycles. The van der Waals surface area contributed by atoms with E-state index in [1.165, 1.54) is 24.1 Å². The van der Waals surface area contributed by atoms with E-state index in [4.69, 9.17) is 16.3 Å². The lowest BCUT2D eigenvalue weighted by molar-refractivity contribution is 0.373. The minimum Gasteiger partial charge on any atom is -0.504 e. The molecule has 0 fully saturated rings. The summed E-state index contributed by atoms with van der Waals surface area (Å²) in [6.07, 6.45) is 1.51. The maximum absolute atomic E-state index is 13.1. The van der Waals surface area contributed by atoms with Crippen LogP contribution >= 0.6 is 11.6 Å². The molecule has 0 saturated heterocycles. The summed E-state index contributed by atoms with van der Waals surface area (Å²) in [6, 6.07) is 19.1. The van der Waals surface area contributed by atoms with Crippen molar-refractivity contribution in [1.82, 2.24) is 9.66 Å². The number of methoxy groups -OCH3 is 1. The van der Waals surface area contributed by atoms with Gasteiger partial charge < -0.3 is 9.84 Å². The average Bonchev–Trinajstić information content (AvgIpc) is 2.74. The minimum absolute atomic E-state index is 0.0241. The van der Waals surface area contributed by atoms with Gasteiger partial charge in [-0.15, -0.1) is 0 Å². The second-order valence-corrected chi connectivity index (χ2v) is 6.69. The number of fused-ring (bicyclic) bond motifs is 1. The van der Waals surface area contributed by atoms with Crippen LogP contribution < -0.4 is 10.3 Å². The summed E-state index contributed by atoms with van der Waals surface area (Å²) in [5.41, 5.74) is 1.58. The lowest BCUT2D eigenvalue weighted by atomic mass is 10.2. The molecule has 0 spiro atoms. The van der Waals surface area contributed by atoms with Crippen LogP contribution in [-0.4, -0.2) is 28.1 Å². The Morgan fingerprint density at radius 1 is 1.10 bits per heavy atom. The molecule has 144 valence electrons. The van der Waals surface area contributed by atoms with E-state index in [1.807, 2.05) is 30.3 Å². The highest BCUT2D eigenvalue weighted by Gasteiger charge is 2.13. The van der Waals surface area contributed by atoms with E-state index in [1.54, 1.807) is 30.3 Å². The van der Waals surface area contributed by atoms with Crippen molar-refractivity contribution >= 4 is 28.7 Å². The largest absolute Gasteiger partial charge is 0.504 e. The van der Waals surface area contributed by atoms with Crippen molar-refractivity contribution in [3.05, 3.63) is 87.7 Å². The third-order valence-electron chi connectivity index (χ3n) is 4.37. The fourth-order valence-electron chi connectivity index (χ4n) is 2.93. The SMILES string of the molecule is COc1cc(/C=N/n2c(-c3ccccc3)nc3cc(Cl)ccc3c2=O)ccc1O. The minimum atomic E-state index is -0.312. The molecule has 0 atom stereocenters. The number of ether oxygens (including phenoxy) is 1. The van der Waals surface area contributed by atoms with Crippen molar-refractivity contribution < 1.29 is 9.84 Å². The number of aromatic hydroxyl groups is 1. The number of halogens is 1. The maximum Gasteiger partial charge on any atom is 0.282 e. The Labute approximate surface area is 171 Å². The number of phenolic OH excluding ortho intramolecular Hbond substituents is 1. The zero-order valence-corrected chi connectivity index (χ0v) is 16.2. The van der Waals surface area contributed by atoms with Crippen LogP contribution in [0, 0.1) is 0 Å². The van der Waals surface area contributed by atoms with Crippen molar-refractivity contribution in [2.45, 2.75) is 0 Å². The lowest BCUT2D eigenvalue weighted by Gasteiger charge is -2.10. The van der Waals surface area contributed by atoms with Gasteiger partial charge in [-0.1, -0.05) is 41.9 Å². The predicted molar refractivity (Wildman–Crippen MR) is 114 cm³/mol. The van der Waals surface area contributed by atoms with Crippen molar-refractivity contribution in [2.24, 2.45) is 5.10 Å². The molecule has 0 aliphatic carbocycles. The number of phenols is 1. The first kappa shape index (κ1) is 18.7. The number of hydrogen-bond donors (Lipinski definition) is 1. The second-order valence-electron chi connectivity index (χ2n) is 6.26. The number of nitrogens with zero attached hydrogens (tertiary/aromatic N) is 3. The maximum atomic E-state index is 13.1. The van der Waals surface area contributed by atoms with E-state index in [0.29, 0.717) is 33.1 Å². The summed E-state index contributed by atoms with van der Waals surface area (Å²) in [6.45, 7) is 0. The zero-order valence-electron chi connectivity index (χ0n) is 15.4. The molecular weight excluding hydrogens is 390 g/mol. The first-order valence-corrected chi connectivity index (χ1v) is 9.14.